The van der Waals surface area contributed by atoms with Crippen LogP contribution in [0.15, 0.2) is 24.3 Å². The molecule has 0 saturated heterocycles. The van der Waals surface area contributed by atoms with E-state index in [0.29, 0.717) is 18.0 Å². The van der Waals surface area contributed by atoms with Gasteiger partial charge in [-0.25, -0.2) is 4.79 Å². The van der Waals surface area contributed by atoms with Crippen molar-refractivity contribution in [2.24, 2.45) is 5.92 Å². The Balaban J connectivity index is 1.95. The Kier molecular flexibility index (Phi) is 5.85. The summed E-state index contributed by atoms with van der Waals surface area (Å²) in [6.45, 7) is 0.0227. The smallest absolute Gasteiger partial charge is 0.390 e. The highest BCUT2D eigenvalue weighted by molar-refractivity contribution is 5.89. The number of carboxylic acid groups (broad SMARTS) is 1. The number of carbonyl (C=O) groups excluding carboxylic acids is 1. The molecule has 0 aromatic heterocycles. The number of aryl methyl sites for hydroxylation is 1. The van der Waals surface area contributed by atoms with Gasteiger partial charge in [-0.15, -0.1) is 0 Å². The molecule has 1 aromatic carbocycles. The minimum atomic E-state index is -4.29. The van der Waals surface area contributed by atoms with E-state index in [9.17, 15) is 22.8 Å². The van der Waals surface area contributed by atoms with Crippen LogP contribution < -0.4 is 0 Å². The maximum absolute atomic E-state index is 12.4. The highest BCUT2D eigenvalue weighted by Gasteiger charge is 2.31. The fraction of sp³-hybridized carbons (Fsp3) is 0.529. The van der Waals surface area contributed by atoms with Crippen LogP contribution in [0.5, 0.6) is 0 Å². The topological polar surface area (TPSA) is 57.6 Å². The van der Waals surface area contributed by atoms with E-state index < -0.39 is 18.6 Å². The maximum atomic E-state index is 12.4. The zero-order valence-electron chi connectivity index (χ0n) is 13.2. The lowest BCUT2D eigenvalue weighted by molar-refractivity contribution is -0.145. The Morgan fingerprint density at radius 3 is 2.46 bits per heavy atom. The number of rotatable bonds is 8. The van der Waals surface area contributed by atoms with Crippen molar-refractivity contribution >= 4 is 11.9 Å². The molecule has 1 aliphatic carbocycles. The molecular weight excluding hydrogens is 323 g/mol. The number of carboxylic acids is 1. The normalized spacial score (nSPS) is 14.5. The van der Waals surface area contributed by atoms with E-state index in [2.05, 4.69) is 0 Å². The Hall–Kier alpha value is -2.05. The molecule has 0 unspecified atom stereocenters. The number of amides is 1. The van der Waals surface area contributed by atoms with Gasteiger partial charge in [-0.2, -0.15) is 13.2 Å². The summed E-state index contributed by atoms with van der Waals surface area (Å²) in [6.07, 6.45) is -3.21. The molecule has 1 aromatic rings. The monoisotopic (exact) mass is 343 g/mol. The average molecular weight is 343 g/mol. The van der Waals surface area contributed by atoms with Crippen LogP contribution in [0.4, 0.5) is 13.2 Å². The molecule has 0 heterocycles. The van der Waals surface area contributed by atoms with E-state index in [1.165, 1.54) is 11.0 Å². The molecule has 4 nitrogen and oxygen atoms in total. The minimum Gasteiger partial charge on any atom is -0.478 e. The number of aromatic carboxylic acids is 1. The molecular formula is C17H20F3NO3. The van der Waals surface area contributed by atoms with E-state index in [1.807, 2.05) is 0 Å². The molecule has 0 bridgehead atoms. The molecule has 1 N–H and O–H groups in total. The van der Waals surface area contributed by atoms with Crippen LogP contribution in [-0.4, -0.2) is 41.1 Å². The Bertz CT molecular complexity index is 597. The van der Waals surface area contributed by atoms with Gasteiger partial charge in [0.1, 0.15) is 0 Å². The summed E-state index contributed by atoms with van der Waals surface area (Å²) in [6, 6.07) is 6.35. The van der Waals surface area contributed by atoms with Gasteiger partial charge in [0, 0.05) is 19.5 Å². The fourth-order valence-corrected chi connectivity index (χ4v) is 2.54. The van der Waals surface area contributed by atoms with Crippen molar-refractivity contribution in [3.8, 4) is 0 Å². The maximum Gasteiger partial charge on any atom is 0.390 e. The number of nitrogens with zero attached hydrogens (tertiary/aromatic N) is 1. The molecule has 0 atom stereocenters. The lowest BCUT2D eigenvalue weighted by Crippen LogP contribution is -2.36. The molecule has 1 aliphatic rings. The molecule has 132 valence electrons. The van der Waals surface area contributed by atoms with E-state index in [4.69, 9.17) is 5.11 Å². The third kappa shape index (κ3) is 5.86. The number of hydrogen-bond acceptors (Lipinski definition) is 2. The zero-order valence-corrected chi connectivity index (χ0v) is 13.2. The predicted molar refractivity (Wildman–Crippen MR) is 81.7 cm³/mol. The third-order valence-electron chi connectivity index (χ3n) is 4.05. The Morgan fingerprint density at radius 2 is 1.88 bits per heavy atom. The minimum absolute atomic E-state index is 0.00880. The fourth-order valence-electron chi connectivity index (χ4n) is 2.54. The highest BCUT2D eigenvalue weighted by atomic mass is 19.4. The summed E-state index contributed by atoms with van der Waals surface area (Å²) >= 11 is 0. The van der Waals surface area contributed by atoms with Crippen molar-refractivity contribution in [2.45, 2.75) is 38.3 Å². The van der Waals surface area contributed by atoms with E-state index >= 15 is 0 Å². The zero-order chi connectivity index (χ0) is 17.7. The third-order valence-corrected chi connectivity index (χ3v) is 4.05. The van der Waals surface area contributed by atoms with Crippen molar-refractivity contribution in [1.29, 1.82) is 0 Å². The van der Waals surface area contributed by atoms with Crippen molar-refractivity contribution < 1.29 is 27.9 Å². The quantitative estimate of drug-likeness (QED) is 0.786. The number of halogens is 3. The first kappa shape index (κ1) is 18.3. The Labute approximate surface area is 138 Å². The largest absolute Gasteiger partial charge is 0.478 e. The van der Waals surface area contributed by atoms with Crippen LogP contribution in [0.2, 0.25) is 0 Å². The van der Waals surface area contributed by atoms with Crippen molar-refractivity contribution in [2.75, 3.05) is 13.1 Å². The molecule has 1 fully saturated rings. The van der Waals surface area contributed by atoms with E-state index in [0.717, 1.165) is 12.8 Å². The van der Waals surface area contributed by atoms with Gasteiger partial charge >= 0.3 is 12.1 Å². The molecule has 1 amide bonds. The molecule has 1 saturated carbocycles. The van der Waals surface area contributed by atoms with Crippen LogP contribution in [-0.2, 0) is 11.2 Å². The van der Waals surface area contributed by atoms with E-state index in [1.54, 1.807) is 18.2 Å². The average Bonchev–Trinajstić information content (AvgIpc) is 3.32. The van der Waals surface area contributed by atoms with Gasteiger partial charge in [0.15, 0.2) is 0 Å². The van der Waals surface area contributed by atoms with E-state index in [-0.39, 0.29) is 30.9 Å². The van der Waals surface area contributed by atoms with Gasteiger partial charge in [0.25, 0.3) is 0 Å². The first-order valence-electron chi connectivity index (χ1n) is 7.92. The molecule has 0 spiro atoms. The second kappa shape index (κ2) is 7.68. The summed E-state index contributed by atoms with van der Waals surface area (Å²) in [7, 11) is 0. The van der Waals surface area contributed by atoms with Gasteiger partial charge in [0.05, 0.1) is 12.0 Å². The summed E-state index contributed by atoms with van der Waals surface area (Å²) in [5, 5.41) is 9.12. The van der Waals surface area contributed by atoms with Crippen LogP contribution in [0.1, 0.15) is 41.6 Å². The lowest BCUT2D eigenvalue weighted by Gasteiger charge is -2.23. The van der Waals surface area contributed by atoms with Gasteiger partial charge < -0.3 is 10.0 Å². The Morgan fingerprint density at radius 1 is 1.21 bits per heavy atom. The lowest BCUT2D eigenvalue weighted by atomic mass is 10.0. The number of benzene rings is 1. The number of hydrogen-bond donors (Lipinski definition) is 1. The van der Waals surface area contributed by atoms with Crippen molar-refractivity contribution in [1.82, 2.24) is 4.90 Å². The molecule has 0 radical (unpaired) electrons. The standard InChI is InChI=1S/C17H20F3NO3/c18-17(19,20)9-10-21(11-12-5-6-12)15(22)8-7-13-3-1-2-4-14(13)16(23)24/h1-4,12H,5-11H2,(H,23,24). The first-order valence-corrected chi connectivity index (χ1v) is 7.92. The predicted octanol–water partition coefficient (Wildman–Crippen LogP) is 3.51. The van der Waals surface area contributed by atoms with Crippen LogP contribution in [0.3, 0.4) is 0 Å². The molecule has 7 heteroatoms. The van der Waals surface area contributed by atoms with Crippen molar-refractivity contribution in [3.05, 3.63) is 35.4 Å². The van der Waals surface area contributed by atoms with Crippen molar-refractivity contribution in [3.63, 3.8) is 0 Å². The summed E-state index contributed by atoms with van der Waals surface area (Å²) < 4.78 is 37.3. The molecule has 24 heavy (non-hydrogen) atoms. The van der Waals surface area contributed by atoms with Gasteiger partial charge in [-0.1, -0.05) is 18.2 Å². The summed E-state index contributed by atoms with van der Waals surface area (Å²) in [5.41, 5.74) is 0.634. The molecule has 2 rings (SSSR count). The van der Waals surface area contributed by atoms with Gasteiger partial charge in [0.2, 0.25) is 5.91 Å². The first-order chi connectivity index (χ1) is 11.3. The SMILES string of the molecule is O=C(O)c1ccccc1CCC(=O)N(CCC(F)(F)F)CC1CC1. The second-order valence-electron chi connectivity index (χ2n) is 6.11. The van der Waals surface area contributed by atoms with Gasteiger partial charge in [-0.05, 0) is 36.8 Å². The molecule has 0 aliphatic heterocycles. The number of alkyl halides is 3. The second-order valence-corrected chi connectivity index (χ2v) is 6.11. The van der Waals surface area contributed by atoms with Crippen LogP contribution in [0.25, 0.3) is 0 Å². The number of carbonyl (C=O) groups is 2. The highest BCUT2D eigenvalue weighted by Crippen LogP contribution is 2.30. The van der Waals surface area contributed by atoms with Crippen LogP contribution in [0, 0.1) is 5.92 Å². The van der Waals surface area contributed by atoms with Crippen LogP contribution >= 0.6 is 0 Å². The summed E-state index contributed by atoms with van der Waals surface area (Å²) in [4.78, 5) is 24.7. The van der Waals surface area contributed by atoms with Gasteiger partial charge in [-0.3, -0.25) is 4.79 Å². The summed E-state index contributed by atoms with van der Waals surface area (Å²) in [5.74, 6) is -1.13.